The van der Waals surface area contributed by atoms with E-state index in [9.17, 15) is 4.79 Å². The molecule has 0 fully saturated rings. The zero-order chi connectivity index (χ0) is 21.8. The van der Waals surface area contributed by atoms with E-state index >= 15 is 0 Å². The molecule has 0 unspecified atom stereocenters. The van der Waals surface area contributed by atoms with Crippen molar-refractivity contribution in [2.45, 2.75) is 0 Å². The van der Waals surface area contributed by atoms with Gasteiger partial charge >= 0.3 is 0 Å². The van der Waals surface area contributed by atoms with Crippen molar-refractivity contribution < 1.29 is 14.3 Å². The van der Waals surface area contributed by atoms with Gasteiger partial charge in [-0.2, -0.15) is 4.52 Å². The zero-order valence-corrected chi connectivity index (χ0v) is 17.9. The van der Waals surface area contributed by atoms with Gasteiger partial charge in [-0.05, 0) is 36.4 Å². The molecule has 1 amide bonds. The quantitative estimate of drug-likeness (QED) is 0.423. The number of aromatic nitrogens is 4. The number of methoxy groups -OCH3 is 1. The SMILES string of the molecule is COc1cccc(-c2nnc3ccc(OCCNC(=O)c4ccc(Cl)c(Cl)c4)nn23)c1. The molecule has 10 heteroatoms. The Bertz CT molecular complexity index is 1240. The Labute approximate surface area is 187 Å². The molecule has 158 valence electrons. The van der Waals surface area contributed by atoms with Crippen LogP contribution in [0.5, 0.6) is 11.6 Å². The van der Waals surface area contributed by atoms with Gasteiger partial charge in [0.15, 0.2) is 11.5 Å². The molecule has 0 aliphatic heterocycles. The molecule has 0 saturated carbocycles. The first-order valence-corrected chi connectivity index (χ1v) is 10.0. The van der Waals surface area contributed by atoms with Gasteiger partial charge in [0, 0.05) is 17.2 Å². The second-order valence-corrected chi connectivity index (χ2v) is 7.24. The lowest BCUT2D eigenvalue weighted by atomic mass is 10.2. The molecule has 0 aliphatic rings. The average molecular weight is 458 g/mol. The number of amides is 1. The van der Waals surface area contributed by atoms with Gasteiger partial charge in [-0.1, -0.05) is 35.3 Å². The summed E-state index contributed by atoms with van der Waals surface area (Å²) in [5.74, 6) is 1.37. The lowest BCUT2D eigenvalue weighted by Crippen LogP contribution is -2.28. The lowest BCUT2D eigenvalue weighted by molar-refractivity contribution is 0.0946. The first kappa shape index (κ1) is 20.9. The molecule has 4 rings (SSSR count). The van der Waals surface area contributed by atoms with Crippen LogP contribution < -0.4 is 14.8 Å². The topological polar surface area (TPSA) is 90.6 Å². The van der Waals surface area contributed by atoms with Crippen molar-refractivity contribution in [1.29, 1.82) is 0 Å². The molecule has 2 heterocycles. The highest BCUT2D eigenvalue weighted by Crippen LogP contribution is 2.24. The van der Waals surface area contributed by atoms with Crippen molar-refractivity contribution in [3.05, 3.63) is 70.2 Å². The highest BCUT2D eigenvalue weighted by atomic mass is 35.5. The zero-order valence-electron chi connectivity index (χ0n) is 16.4. The standard InChI is InChI=1S/C21H17Cl2N5O3/c1-30-15-4-2-3-13(11-15)20-26-25-18-7-8-19(27-28(18)20)31-10-9-24-21(29)14-5-6-16(22)17(23)12-14/h2-8,11-12H,9-10H2,1H3,(H,24,29). The maximum Gasteiger partial charge on any atom is 0.251 e. The number of nitrogens with one attached hydrogen (secondary N) is 1. The van der Waals surface area contributed by atoms with Crippen LogP contribution in [0.25, 0.3) is 17.0 Å². The number of hydrogen-bond acceptors (Lipinski definition) is 6. The molecule has 1 N–H and O–H groups in total. The molecule has 8 nitrogen and oxygen atoms in total. The van der Waals surface area contributed by atoms with E-state index in [-0.39, 0.29) is 19.1 Å². The van der Waals surface area contributed by atoms with Crippen LogP contribution >= 0.6 is 23.2 Å². The van der Waals surface area contributed by atoms with Gasteiger partial charge in [-0.3, -0.25) is 4.79 Å². The molecular weight excluding hydrogens is 441 g/mol. The summed E-state index contributed by atoms with van der Waals surface area (Å²) >= 11 is 11.8. The fourth-order valence-corrected chi connectivity index (χ4v) is 3.15. The van der Waals surface area contributed by atoms with Gasteiger partial charge in [-0.15, -0.1) is 15.3 Å². The maximum absolute atomic E-state index is 12.2. The Morgan fingerprint density at radius 1 is 1.06 bits per heavy atom. The second-order valence-electron chi connectivity index (χ2n) is 6.43. The summed E-state index contributed by atoms with van der Waals surface area (Å²) in [4.78, 5) is 12.2. The number of benzene rings is 2. The third kappa shape index (κ3) is 4.70. The predicted molar refractivity (Wildman–Crippen MR) is 117 cm³/mol. The molecule has 0 atom stereocenters. The van der Waals surface area contributed by atoms with E-state index in [1.165, 1.54) is 6.07 Å². The molecule has 0 spiro atoms. The number of nitrogens with zero attached hydrogens (tertiary/aromatic N) is 4. The molecule has 0 saturated heterocycles. The largest absolute Gasteiger partial charge is 0.497 e. The summed E-state index contributed by atoms with van der Waals surface area (Å²) in [6.07, 6.45) is 0. The number of carbonyl (C=O) groups excluding carboxylic acids is 1. The third-order valence-electron chi connectivity index (χ3n) is 4.39. The van der Waals surface area contributed by atoms with Crippen LogP contribution in [0.2, 0.25) is 10.0 Å². The molecule has 2 aromatic heterocycles. The Hall–Kier alpha value is -3.36. The molecule has 4 aromatic rings. The van der Waals surface area contributed by atoms with Crippen molar-refractivity contribution in [2.24, 2.45) is 0 Å². The Kier molecular flexibility index (Phi) is 6.20. The Morgan fingerprint density at radius 3 is 2.74 bits per heavy atom. The van der Waals surface area contributed by atoms with E-state index in [0.29, 0.717) is 38.7 Å². The van der Waals surface area contributed by atoms with Crippen molar-refractivity contribution in [3.63, 3.8) is 0 Å². The van der Waals surface area contributed by atoms with E-state index in [1.807, 2.05) is 24.3 Å². The van der Waals surface area contributed by atoms with Crippen LogP contribution in [0.1, 0.15) is 10.4 Å². The minimum atomic E-state index is -0.273. The van der Waals surface area contributed by atoms with E-state index in [1.54, 1.807) is 35.9 Å². The number of halogens is 2. The highest BCUT2D eigenvalue weighted by Gasteiger charge is 2.12. The van der Waals surface area contributed by atoms with E-state index in [0.717, 1.165) is 5.56 Å². The fourth-order valence-electron chi connectivity index (χ4n) is 2.85. The number of hydrogen-bond donors (Lipinski definition) is 1. The van der Waals surface area contributed by atoms with Crippen LogP contribution in [0.3, 0.4) is 0 Å². The molecular formula is C21H17Cl2N5O3. The van der Waals surface area contributed by atoms with E-state index in [4.69, 9.17) is 32.7 Å². The van der Waals surface area contributed by atoms with Crippen LogP contribution in [-0.2, 0) is 0 Å². The van der Waals surface area contributed by atoms with Crippen LogP contribution in [-0.4, -0.2) is 46.0 Å². The van der Waals surface area contributed by atoms with Gasteiger partial charge in [0.05, 0.1) is 23.7 Å². The van der Waals surface area contributed by atoms with Gasteiger partial charge in [0.2, 0.25) is 5.88 Å². The van der Waals surface area contributed by atoms with Crippen molar-refractivity contribution in [3.8, 4) is 23.0 Å². The molecule has 31 heavy (non-hydrogen) atoms. The summed E-state index contributed by atoms with van der Waals surface area (Å²) in [7, 11) is 1.60. The molecule has 0 radical (unpaired) electrons. The van der Waals surface area contributed by atoms with Crippen LogP contribution in [0.15, 0.2) is 54.6 Å². The molecule has 0 bridgehead atoms. The summed E-state index contributed by atoms with van der Waals surface area (Å²) in [5, 5.41) is 16.3. The van der Waals surface area contributed by atoms with Gasteiger partial charge in [0.25, 0.3) is 5.91 Å². The van der Waals surface area contributed by atoms with Crippen molar-refractivity contribution in [1.82, 2.24) is 25.1 Å². The number of fused-ring (bicyclic) bond motifs is 1. The summed E-state index contributed by atoms with van der Waals surface area (Å²) in [6.45, 7) is 0.506. The van der Waals surface area contributed by atoms with Crippen LogP contribution in [0, 0.1) is 0 Å². The Balaban J connectivity index is 1.41. The van der Waals surface area contributed by atoms with Crippen molar-refractivity contribution >= 4 is 34.8 Å². The highest BCUT2D eigenvalue weighted by molar-refractivity contribution is 6.42. The number of carbonyl (C=O) groups is 1. The maximum atomic E-state index is 12.2. The predicted octanol–water partition coefficient (Wildman–Crippen LogP) is 3.92. The second kappa shape index (κ2) is 9.20. The molecule has 2 aromatic carbocycles. The van der Waals surface area contributed by atoms with Crippen LogP contribution in [0.4, 0.5) is 0 Å². The van der Waals surface area contributed by atoms with Gasteiger partial charge in [-0.25, -0.2) is 0 Å². The van der Waals surface area contributed by atoms with Gasteiger partial charge in [0.1, 0.15) is 12.4 Å². The minimum absolute atomic E-state index is 0.224. The summed E-state index contributed by atoms with van der Waals surface area (Å²) < 4.78 is 12.5. The normalized spacial score (nSPS) is 10.8. The summed E-state index contributed by atoms with van der Waals surface area (Å²) in [5.41, 5.74) is 1.81. The number of rotatable bonds is 7. The first-order valence-electron chi connectivity index (χ1n) is 9.28. The van der Waals surface area contributed by atoms with Crippen molar-refractivity contribution in [2.75, 3.05) is 20.3 Å². The van der Waals surface area contributed by atoms with E-state index < -0.39 is 0 Å². The fraction of sp³-hybridized carbons (Fsp3) is 0.143. The number of ether oxygens (including phenoxy) is 2. The third-order valence-corrected chi connectivity index (χ3v) is 5.12. The first-order chi connectivity index (χ1) is 15.0. The summed E-state index contributed by atoms with van der Waals surface area (Å²) in [6, 6.07) is 15.6. The lowest BCUT2D eigenvalue weighted by Gasteiger charge is -2.08. The minimum Gasteiger partial charge on any atom is -0.497 e. The average Bonchev–Trinajstić information content (AvgIpc) is 3.21. The Morgan fingerprint density at radius 2 is 1.94 bits per heavy atom. The van der Waals surface area contributed by atoms with Gasteiger partial charge < -0.3 is 14.8 Å². The van der Waals surface area contributed by atoms with E-state index in [2.05, 4.69) is 20.6 Å². The smallest absolute Gasteiger partial charge is 0.251 e. The monoisotopic (exact) mass is 457 g/mol. The molecule has 0 aliphatic carbocycles.